The van der Waals surface area contributed by atoms with Gasteiger partial charge in [0.05, 0.1) is 11.4 Å². The van der Waals surface area contributed by atoms with Gasteiger partial charge >= 0.3 is 0 Å². The summed E-state index contributed by atoms with van der Waals surface area (Å²) in [7, 11) is 0. The molecule has 1 aliphatic heterocycles. The van der Waals surface area contributed by atoms with E-state index in [1.165, 1.54) is 0 Å². The SMILES string of the molecule is CCSc1ccccc1NC(=O)c1ccc([C@H]2SCC(=O)N2Cc2ccc(Cl)cc2)cc1. The Morgan fingerprint density at radius 2 is 1.81 bits per heavy atom. The van der Waals surface area contributed by atoms with Crippen molar-refractivity contribution in [3.05, 3.63) is 94.5 Å². The molecule has 164 valence electrons. The van der Waals surface area contributed by atoms with E-state index in [0.29, 0.717) is 22.9 Å². The van der Waals surface area contributed by atoms with Gasteiger partial charge in [0.1, 0.15) is 5.37 Å². The maximum atomic E-state index is 12.8. The van der Waals surface area contributed by atoms with Gasteiger partial charge in [0.2, 0.25) is 5.91 Å². The van der Waals surface area contributed by atoms with Crippen LogP contribution in [0.3, 0.4) is 0 Å². The van der Waals surface area contributed by atoms with Crippen LogP contribution >= 0.6 is 35.1 Å². The molecule has 1 atom stereocenters. The predicted molar refractivity (Wildman–Crippen MR) is 134 cm³/mol. The lowest BCUT2D eigenvalue weighted by atomic mass is 10.1. The Balaban J connectivity index is 1.47. The van der Waals surface area contributed by atoms with Crippen LogP contribution in [0.1, 0.15) is 33.8 Å². The summed E-state index contributed by atoms with van der Waals surface area (Å²) in [5.41, 5.74) is 3.45. The second kappa shape index (κ2) is 10.5. The van der Waals surface area contributed by atoms with Gasteiger partial charge in [0.15, 0.2) is 0 Å². The highest BCUT2D eigenvalue weighted by Crippen LogP contribution is 2.39. The molecule has 0 unspecified atom stereocenters. The highest BCUT2D eigenvalue weighted by Gasteiger charge is 2.32. The normalized spacial score (nSPS) is 15.8. The quantitative estimate of drug-likeness (QED) is 0.391. The molecule has 3 aromatic rings. The summed E-state index contributed by atoms with van der Waals surface area (Å²) in [5, 5.41) is 3.62. The van der Waals surface area contributed by atoms with Gasteiger partial charge in [-0.3, -0.25) is 9.59 Å². The van der Waals surface area contributed by atoms with E-state index in [-0.39, 0.29) is 17.2 Å². The molecule has 0 saturated carbocycles. The van der Waals surface area contributed by atoms with Gasteiger partial charge in [-0.25, -0.2) is 0 Å². The minimum Gasteiger partial charge on any atom is -0.322 e. The summed E-state index contributed by atoms with van der Waals surface area (Å²) in [6.45, 7) is 2.62. The molecule has 1 fully saturated rings. The first-order valence-electron chi connectivity index (χ1n) is 10.3. The van der Waals surface area contributed by atoms with E-state index < -0.39 is 0 Å². The van der Waals surface area contributed by atoms with Gasteiger partial charge < -0.3 is 10.2 Å². The molecule has 0 bridgehead atoms. The maximum Gasteiger partial charge on any atom is 0.255 e. The summed E-state index contributed by atoms with van der Waals surface area (Å²) in [6, 6.07) is 22.9. The average Bonchev–Trinajstić information content (AvgIpc) is 3.17. The maximum absolute atomic E-state index is 12.8. The number of halogens is 1. The Hall–Kier alpha value is -2.41. The van der Waals surface area contributed by atoms with Crippen molar-refractivity contribution in [3.8, 4) is 0 Å². The van der Waals surface area contributed by atoms with Crippen LogP contribution in [0.2, 0.25) is 5.02 Å². The van der Waals surface area contributed by atoms with Crippen molar-refractivity contribution >= 4 is 52.6 Å². The molecule has 1 N–H and O–H groups in total. The zero-order valence-corrected chi connectivity index (χ0v) is 20.0. The predicted octanol–water partition coefficient (Wildman–Crippen LogP) is 6.48. The second-order valence-electron chi connectivity index (χ2n) is 7.32. The fourth-order valence-corrected chi connectivity index (χ4v) is 5.61. The molecule has 32 heavy (non-hydrogen) atoms. The van der Waals surface area contributed by atoms with Gasteiger partial charge in [0, 0.05) is 22.0 Å². The van der Waals surface area contributed by atoms with Crippen molar-refractivity contribution in [1.82, 2.24) is 4.90 Å². The Morgan fingerprint density at radius 1 is 1.09 bits per heavy atom. The minimum absolute atomic E-state index is 0.0723. The standard InChI is InChI=1S/C25H23ClN2O2S2/c1-2-31-22-6-4-3-5-21(22)27-24(30)18-9-11-19(12-10-18)25-28(23(29)16-32-25)15-17-7-13-20(26)14-8-17/h3-14,25H,2,15-16H2,1H3,(H,27,30)/t25-/m1/s1. The lowest BCUT2D eigenvalue weighted by Crippen LogP contribution is -2.27. The zero-order valence-electron chi connectivity index (χ0n) is 17.6. The third-order valence-electron chi connectivity index (χ3n) is 5.13. The van der Waals surface area contributed by atoms with Crippen LogP contribution in [0.5, 0.6) is 0 Å². The average molecular weight is 483 g/mol. The van der Waals surface area contributed by atoms with Gasteiger partial charge in [-0.1, -0.05) is 54.9 Å². The van der Waals surface area contributed by atoms with E-state index in [2.05, 4.69) is 12.2 Å². The molecule has 4 rings (SSSR count). The van der Waals surface area contributed by atoms with E-state index in [9.17, 15) is 9.59 Å². The molecule has 1 aliphatic rings. The van der Waals surface area contributed by atoms with Gasteiger partial charge in [0.25, 0.3) is 5.91 Å². The molecule has 0 radical (unpaired) electrons. The largest absolute Gasteiger partial charge is 0.322 e. The third-order valence-corrected chi connectivity index (χ3v) is 7.59. The first kappa shape index (κ1) is 22.8. The monoisotopic (exact) mass is 482 g/mol. The molecular weight excluding hydrogens is 460 g/mol. The van der Waals surface area contributed by atoms with E-state index in [0.717, 1.165) is 27.5 Å². The van der Waals surface area contributed by atoms with Gasteiger partial charge in [-0.2, -0.15) is 0 Å². The molecule has 0 aliphatic carbocycles. The minimum atomic E-state index is -0.145. The van der Waals surface area contributed by atoms with Gasteiger partial charge in [-0.05, 0) is 53.3 Å². The number of rotatable bonds is 7. The molecule has 1 saturated heterocycles. The number of nitrogens with zero attached hydrogens (tertiary/aromatic N) is 1. The van der Waals surface area contributed by atoms with Crippen molar-refractivity contribution in [2.24, 2.45) is 0 Å². The number of thioether (sulfide) groups is 2. The number of benzene rings is 3. The third kappa shape index (κ3) is 5.31. The molecule has 4 nitrogen and oxygen atoms in total. The van der Waals surface area contributed by atoms with Gasteiger partial charge in [-0.15, -0.1) is 23.5 Å². The molecule has 7 heteroatoms. The van der Waals surface area contributed by atoms with Crippen LogP contribution in [0.4, 0.5) is 5.69 Å². The Kier molecular flexibility index (Phi) is 7.45. The van der Waals surface area contributed by atoms with Crippen molar-refractivity contribution in [2.45, 2.75) is 23.7 Å². The first-order valence-corrected chi connectivity index (χ1v) is 12.7. The zero-order chi connectivity index (χ0) is 22.5. The van der Waals surface area contributed by atoms with E-state index >= 15 is 0 Å². The summed E-state index contributed by atoms with van der Waals surface area (Å²) in [6.07, 6.45) is 0. The number of para-hydroxylation sites is 1. The summed E-state index contributed by atoms with van der Waals surface area (Å²) >= 11 is 9.28. The van der Waals surface area contributed by atoms with Crippen LogP contribution in [0.25, 0.3) is 0 Å². The number of carbonyl (C=O) groups excluding carboxylic acids is 2. The lowest BCUT2D eigenvalue weighted by Gasteiger charge is -2.24. The van der Waals surface area contributed by atoms with Crippen LogP contribution in [-0.4, -0.2) is 28.2 Å². The number of hydrogen-bond donors (Lipinski definition) is 1. The smallest absolute Gasteiger partial charge is 0.255 e. The summed E-state index contributed by atoms with van der Waals surface area (Å²) in [5.74, 6) is 1.36. The Labute approximate surface area is 201 Å². The van der Waals surface area contributed by atoms with E-state index in [1.807, 2.05) is 77.7 Å². The van der Waals surface area contributed by atoms with Crippen molar-refractivity contribution in [2.75, 3.05) is 16.8 Å². The fourth-order valence-electron chi connectivity index (χ4n) is 3.53. The molecule has 0 spiro atoms. The number of hydrogen-bond acceptors (Lipinski definition) is 4. The van der Waals surface area contributed by atoms with Crippen LogP contribution in [-0.2, 0) is 11.3 Å². The number of nitrogens with one attached hydrogen (secondary N) is 1. The molecular formula is C25H23ClN2O2S2. The first-order chi connectivity index (χ1) is 15.5. The number of anilines is 1. The van der Waals surface area contributed by atoms with E-state index in [4.69, 9.17) is 11.6 Å². The van der Waals surface area contributed by atoms with Crippen molar-refractivity contribution in [1.29, 1.82) is 0 Å². The second-order valence-corrected chi connectivity index (χ2v) is 10.1. The van der Waals surface area contributed by atoms with E-state index in [1.54, 1.807) is 23.5 Å². The highest BCUT2D eigenvalue weighted by atomic mass is 35.5. The topological polar surface area (TPSA) is 49.4 Å². The van der Waals surface area contributed by atoms with Crippen LogP contribution in [0, 0.1) is 0 Å². The molecule has 2 amide bonds. The van der Waals surface area contributed by atoms with Crippen molar-refractivity contribution < 1.29 is 9.59 Å². The number of carbonyl (C=O) groups is 2. The summed E-state index contributed by atoms with van der Waals surface area (Å²) < 4.78 is 0. The Morgan fingerprint density at radius 3 is 2.53 bits per heavy atom. The molecule has 0 aromatic heterocycles. The van der Waals surface area contributed by atoms with Crippen LogP contribution in [0.15, 0.2) is 77.7 Å². The molecule has 3 aromatic carbocycles. The van der Waals surface area contributed by atoms with Crippen LogP contribution < -0.4 is 5.32 Å². The molecule has 1 heterocycles. The van der Waals surface area contributed by atoms with Crippen molar-refractivity contribution in [3.63, 3.8) is 0 Å². The summed E-state index contributed by atoms with van der Waals surface area (Å²) in [4.78, 5) is 28.2. The highest BCUT2D eigenvalue weighted by molar-refractivity contribution is 8.00. The number of amides is 2. The lowest BCUT2D eigenvalue weighted by molar-refractivity contribution is -0.128. The Bertz CT molecular complexity index is 1100. The fraction of sp³-hybridized carbons (Fsp3) is 0.200.